The van der Waals surface area contributed by atoms with Crippen molar-refractivity contribution in [3.63, 3.8) is 0 Å². The Balaban J connectivity index is 2.46. The van der Waals surface area contributed by atoms with Gasteiger partial charge in [-0.15, -0.1) is 5.54 Å². The van der Waals surface area contributed by atoms with Gasteiger partial charge in [0.1, 0.15) is 24.4 Å². The minimum absolute atomic E-state index is 0.419. The van der Waals surface area contributed by atoms with Gasteiger partial charge in [0.2, 0.25) is 0 Å². The minimum Gasteiger partial charge on any atom is -0.250 e. The van der Waals surface area contributed by atoms with Crippen molar-refractivity contribution in [2.75, 3.05) is 0 Å². The van der Waals surface area contributed by atoms with Crippen LogP contribution < -0.4 is 0 Å². The molecule has 0 bridgehead atoms. The Morgan fingerprint density at radius 3 is 2.65 bits per heavy atom. The Morgan fingerprint density at radius 1 is 1.18 bits per heavy atom. The van der Waals surface area contributed by atoms with Gasteiger partial charge in [-0.1, -0.05) is 37.2 Å². The van der Waals surface area contributed by atoms with Crippen LogP contribution in [-0.4, -0.2) is 23.0 Å². The molecule has 0 spiro atoms. The summed E-state index contributed by atoms with van der Waals surface area (Å²) < 4.78 is 0. The van der Waals surface area contributed by atoms with E-state index in [0.717, 1.165) is 5.52 Å². The second-order valence-electron chi connectivity index (χ2n) is 4.73. The molecule has 0 N–H and O–H groups in total. The number of nitrogens with zero attached hydrogens (tertiary/aromatic N) is 3. The van der Waals surface area contributed by atoms with Crippen LogP contribution in [0.1, 0.15) is 5.69 Å². The first kappa shape index (κ1) is 12.0. The molecular formula is C12H12ClN3Si. The predicted octanol–water partition coefficient (Wildman–Crippen LogP) is 2.91. The first-order chi connectivity index (χ1) is 7.94. The summed E-state index contributed by atoms with van der Waals surface area (Å²) in [5.74, 6) is 3.05. The van der Waals surface area contributed by atoms with Crippen molar-refractivity contribution in [3.05, 3.63) is 29.2 Å². The van der Waals surface area contributed by atoms with E-state index in [1.54, 1.807) is 18.3 Å². The number of halogens is 1. The second kappa shape index (κ2) is 4.44. The number of rotatable bonds is 0. The van der Waals surface area contributed by atoms with Crippen LogP contribution >= 0.6 is 11.6 Å². The molecular weight excluding hydrogens is 250 g/mol. The second-order valence-corrected chi connectivity index (χ2v) is 9.87. The molecule has 0 fully saturated rings. The third-order valence-electron chi connectivity index (χ3n) is 1.94. The summed E-state index contributed by atoms with van der Waals surface area (Å²) in [6, 6.07) is 3.50. The molecule has 2 heterocycles. The van der Waals surface area contributed by atoms with Crippen LogP contribution in [0.4, 0.5) is 0 Å². The lowest BCUT2D eigenvalue weighted by molar-refractivity contribution is 1.20. The van der Waals surface area contributed by atoms with Gasteiger partial charge in [0.25, 0.3) is 0 Å². The normalized spacial score (nSPS) is 11.1. The van der Waals surface area contributed by atoms with Gasteiger partial charge < -0.3 is 0 Å². The number of hydrogen-bond acceptors (Lipinski definition) is 3. The van der Waals surface area contributed by atoms with E-state index in [1.807, 2.05) is 0 Å². The van der Waals surface area contributed by atoms with Gasteiger partial charge in [0.15, 0.2) is 5.65 Å². The molecule has 3 nitrogen and oxygen atoms in total. The van der Waals surface area contributed by atoms with Crippen LogP contribution in [0.25, 0.3) is 11.2 Å². The Labute approximate surface area is 106 Å². The predicted molar refractivity (Wildman–Crippen MR) is 72.6 cm³/mol. The number of hydrogen-bond donors (Lipinski definition) is 0. The maximum atomic E-state index is 5.81. The average molecular weight is 262 g/mol. The topological polar surface area (TPSA) is 38.7 Å². The molecule has 0 unspecified atom stereocenters. The smallest absolute Gasteiger partial charge is 0.180 e. The third-order valence-corrected chi connectivity index (χ3v) is 3.02. The highest BCUT2D eigenvalue weighted by atomic mass is 35.5. The van der Waals surface area contributed by atoms with Gasteiger partial charge in [0, 0.05) is 0 Å². The third kappa shape index (κ3) is 3.25. The summed E-state index contributed by atoms with van der Waals surface area (Å²) >= 11 is 5.81. The number of aromatic nitrogens is 3. The van der Waals surface area contributed by atoms with E-state index in [9.17, 15) is 0 Å². The number of fused-ring (bicyclic) bond motifs is 1. The zero-order valence-electron chi connectivity index (χ0n) is 9.95. The van der Waals surface area contributed by atoms with Crippen LogP contribution in [0.3, 0.4) is 0 Å². The zero-order valence-corrected chi connectivity index (χ0v) is 11.7. The summed E-state index contributed by atoms with van der Waals surface area (Å²) in [6.45, 7) is 6.55. The Bertz CT molecular complexity index is 623. The standard InChI is InChI=1S/C12H12ClN3Si/c1-17(2,3)7-6-9-8-14-10-4-5-11(13)16-12(10)15-9/h4-5,8H,1-3H3. The summed E-state index contributed by atoms with van der Waals surface area (Å²) in [6.07, 6.45) is 1.67. The summed E-state index contributed by atoms with van der Waals surface area (Å²) in [4.78, 5) is 12.7. The van der Waals surface area contributed by atoms with Crippen LogP contribution in [0, 0.1) is 11.5 Å². The zero-order chi connectivity index (χ0) is 12.5. The highest BCUT2D eigenvalue weighted by Crippen LogP contribution is 2.11. The molecule has 2 aromatic rings. The maximum Gasteiger partial charge on any atom is 0.180 e. The van der Waals surface area contributed by atoms with Crippen molar-refractivity contribution < 1.29 is 0 Å². The van der Waals surface area contributed by atoms with E-state index in [1.165, 1.54) is 0 Å². The molecule has 0 amide bonds. The largest absolute Gasteiger partial charge is 0.250 e. The fourth-order valence-corrected chi connectivity index (χ4v) is 1.83. The molecule has 0 aromatic carbocycles. The Morgan fingerprint density at radius 2 is 1.94 bits per heavy atom. The van der Waals surface area contributed by atoms with Crippen molar-refractivity contribution in [2.24, 2.45) is 0 Å². The van der Waals surface area contributed by atoms with E-state index >= 15 is 0 Å². The SMILES string of the molecule is C[Si](C)(C)C#Cc1cnc2ccc(Cl)nc2n1. The van der Waals surface area contributed by atoms with Crippen molar-refractivity contribution in [2.45, 2.75) is 19.6 Å². The highest BCUT2D eigenvalue weighted by Gasteiger charge is 2.08. The quantitative estimate of drug-likeness (QED) is 0.416. The lowest BCUT2D eigenvalue weighted by Gasteiger charge is -2.03. The van der Waals surface area contributed by atoms with E-state index in [-0.39, 0.29) is 0 Å². The lowest BCUT2D eigenvalue weighted by atomic mass is 10.4. The van der Waals surface area contributed by atoms with Crippen molar-refractivity contribution >= 4 is 30.8 Å². The van der Waals surface area contributed by atoms with Crippen molar-refractivity contribution in [1.82, 2.24) is 15.0 Å². The molecule has 17 heavy (non-hydrogen) atoms. The van der Waals surface area contributed by atoms with Crippen LogP contribution in [0.5, 0.6) is 0 Å². The van der Waals surface area contributed by atoms with E-state index in [0.29, 0.717) is 16.5 Å². The molecule has 0 radical (unpaired) electrons. The van der Waals surface area contributed by atoms with Gasteiger partial charge in [-0.3, -0.25) is 0 Å². The molecule has 0 aliphatic carbocycles. The molecule has 0 saturated carbocycles. The average Bonchev–Trinajstić information content (AvgIpc) is 2.24. The Hall–Kier alpha value is -1.44. The number of pyridine rings is 1. The molecule has 2 rings (SSSR count). The fraction of sp³-hybridized carbons (Fsp3) is 0.250. The molecule has 0 atom stereocenters. The Kier molecular flexibility index (Phi) is 3.14. The molecule has 0 aliphatic heterocycles. The molecule has 86 valence electrons. The highest BCUT2D eigenvalue weighted by molar-refractivity contribution is 6.83. The summed E-state index contributed by atoms with van der Waals surface area (Å²) in [5, 5.41) is 0.419. The van der Waals surface area contributed by atoms with Gasteiger partial charge in [0.05, 0.1) is 6.20 Å². The monoisotopic (exact) mass is 261 g/mol. The first-order valence-electron chi connectivity index (χ1n) is 5.26. The first-order valence-corrected chi connectivity index (χ1v) is 9.14. The van der Waals surface area contributed by atoms with E-state index in [2.05, 4.69) is 46.1 Å². The summed E-state index contributed by atoms with van der Waals surface area (Å²) in [5.41, 5.74) is 5.16. The van der Waals surface area contributed by atoms with Crippen molar-refractivity contribution in [1.29, 1.82) is 0 Å². The minimum atomic E-state index is -1.39. The van der Waals surface area contributed by atoms with Crippen LogP contribution in [-0.2, 0) is 0 Å². The van der Waals surface area contributed by atoms with E-state index < -0.39 is 8.07 Å². The van der Waals surface area contributed by atoms with Gasteiger partial charge in [-0.25, -0.2) is 15.0 Å². The molecule has 5 heteroatoms. The van der Waals surface area contributed by atoms with Crippen LogP contribution in [0.15, 0.2) is 18.3 Å². The van der Waals surface area contributed by atoms with Gasteiger partial charge in [-0.05, 0) is 12.1 Å². The van der Waals surface area contributed by atoms with Crippen molar-refractivity contribution in [3.8, 4) is 11.5 Å². The lowest BCUT2D eigenvalue weighted by Crippen LogP contribution is -2.16. The maximum absolute atomic E-state index is 5.81. The van der Waals surface area contributed by atoms with E-state index in [4.69, 9.17) is 11.6 Å². The fourth-order valence-electron chi connectivity index (χ4n) is 1.19. The summed E-state index contributed by atoms with van der Waals surface area (Å²) in [7, 11) is -1.39. The van der Waals surface area contributed by atoms with Gasteiger partial charge >= 0.3 is 0 Å². The molecule has 0 aliphatic rings. The van der Waals surface area contributed by atoms with Gasteiger partial charge in [-0.2, -0.15) is 0 Å². The van der Waals surface area contributed by atoms with Crippen LogP contribution in [0.2, 0.25) is 24.8 Å². The molecule has 0 saturated heterocycles. The molecule has 2 aromatic heterocycles.